The van der Waals surface area contributed by atoms with Crippen LogP contribution in [-0.4, -0.2) is 27.7 Å². The number of hydrogen-bond acceptors (Lipinski definition) is 4. The van der Waals surface area contributed by atoms with Crippen LogP contribution in [0.15, 0.2) is 12.2 Å². The van der Waals surface area contributed by atoms with Gasteiger partial charge in [-0.05, 0) is 18.0 Å². The Labute approximate surface area is 107 Å². The van der Waals surface area contributed by atoms with E-state index in [0.29, 0.717) is 6.42 Å². The molecule has 0 aliphatic heterocycles. The molecule has 0 saturated carbocycles. The van der Waals surface area contributed by atoms with Crippen LogP contribution in [0.1, 0.15) is 6.42 Å². The number of aliphatic hydroxyl groups excluding tert-OH is 1. The predicted octanol–water partition coefficient (Wildman–Crippen LogP) is 2.27. The Balaban J connectivity index is 2.12. The highest BCUT2D eigenvalue weighted by Gasteiger charge is 2.21. The van der Waals surface area contributed by atoms with Crippen LogP contribution in [0.25, 0.3) is 0 Å². The summed E-state index contributed by atoms with van der Waals surface area (Å²) in [4.78, 5) is 7.22. The number of aromatic nitrogens is 2. The molecule has 0 fully saturated rings. The summed E-state index contributed by atoms with van der Waals surface area (Å²) in [5.74, 6) is -0.663. The van der Waals surface area contributed by atoms with E-state index in [4.69, 9.17) is 28.3 Å². The molecule has 4 nitrogen and oxygen atoms in total. The molecule has 1 heterocycles. The van der Waals surface area contributed by atoms with Crippen molar-refractivity contribution < 1.29 is 9.50 Å². The highest BCUT2D eigenvalue weighted by molar-refractivity contribution is 6.32. The summed E-state index contributed by atoms with van der Waals surface area (Å²) in [7, 11) is 0. The average Bonchev–Trinajstić information content (AvgIpc) is 2.73. The number of hydrogen-bond donors (Lipinski definition) is 2. The zero-order valence-corrected chi connectivity index (χ0v) is 10.2. The molecule has 1 aromatic rings. The van der Waals surface area contributed by atoms with Gasteiger partial charge in [-0.3, -0.25) is 0 Å². The first-order valence-corrected chi connectivity index (χ1v) is 5.80. The van der Waals surface area contributed by atoms with Crippen molar-refractivity contribution in [2.75, 3.05) is 11.9 Å². The molecule has 0 bridgehead atoms. The van der Waals surface area contributed by atoms with Crippen molar-refractivity contribution in [3.8, 4) is 0 Å². The van der Waals surface area contributed by atoms with Gasteiger partial charge in [-0.1, -0.05) is 23.8 Å². The topological polar surface area (TPSA) is 58.0 Å². The van der Waals surface area contributed by atoms with Gasteiger partial charge in [0.2, 0.25) is 11.1 Å². The highest BCUT2D eigenvalue weighted by Crippen LogP contribution is 2.25. The second-order valence-electron chi connectivity index (χ2n) is 3.76. The first-order chi connectivity index (χ1) is 8.10. The van der Waals surface area contributed by atoms with Crippen LogP contribution < -0.4 is 5.32 Å². The SMILES string of the molecule is OC[C@H]1C=C[C@@H](Nc2nc(Cl)nc(Cl)c2F)C1. The van der Waals surface area contributed by atoms with Crippen molar-refractivity contribution in [2.45, 2.75) is 12.5 Å². The van der Waals surface area contributed by atoms with E-state index in [2.05, 4.69) is 15.3 Å². The molecule has 17 heavy (non-hydrogen) atoms. The summed E-state index contributed by atoms with van der Waals surface area (Å²) in [5.41, 5.74) is 0. The molecule has 0 aromatic carbocycles. The lowest BCUT2D eigenvalue weighted by molar-refractivity contribution is 0.250. The Bertz CT molecular complexity index is 455. The largest absolute Gasteiger partial charge is 0.396 e. The summed E-state index contributed by atoms with van der Waals surface area (Å²) in [6.07, 6.45) is 4.40. The molecule has 92 valence electrons. The van der Waals surface area contributed by atoms with Crippen molar-refractivity contribution >= 4 is 29.0 Å². The summed E-state index contributed by atoms with van der Waals surface area (Å²) in [6, 6.07) is -0.0938. The van der Waals surface area contributed by atoms with Gasteiger partial charge in [-0.25, -0.2) is 4.98 Å². The van der Waals surface area contributed by atoms with Crippen molar-refractivity contribution in [2.24, 2.45) is 5.92 Å². The Kier molecular flexibility index (Phi) is 3.81. The summed E-state index contributed by atoms with van der Waals surface area (Å²) in [5, 5.41) is 11.4. The van der Waals surface area contributed by atoms with E-state index in [0.717, 1.165) is 0 Å². The van der Waals surface area contributed by atoms with Crippen LogP contribution in [-0.2, 0) is 0 Å². The van der Waals surface area contributed by atoms with Crippen LogP contribution in [0.3, 0.4) is 0 Å². The van der Waals surface area contributed by atoms with Crippen molar-refractivity contribution in [1.82, 2.24) is 9.97 Å². The van der Waals surface area contributed by atoms with Crippen molar-refractivity contribution in [3.05, 3.63) is 28.4 Å². The van der Waals surface area contributed by atoms with E-state index in [1.165, 1.54) is 0 Å². The fourth-order valence-electron chi connectivity index (χ4n) is 1.68. The third-order valence-electron chi connectivity index (χ3n) is 2.51. The number of halogens is 3. The van der Waals surface area contributed by atoms with E-state index in [-0.39, 0.29) is 34.8 Å². The van der Waals surface area contributed by atoms with E-state index in [1.54, 1.807) is 0 Å². The van der Waals surface area contributed by atoms with Crippen LogP contribution >= 0.6 is 23.2 Å². The highest BCUT2D eigenvalue weighted by atomic mass is 35.5. The van der Waals surface area contributed by atoms with Gasteiger partial charge in [-0.15, -0.1) is 0 Å². The molecule has 1 aliphatic rings. The van der Waals surface area contributed by atoms with Gasteiger partial charge in [0.15, 0.2) is 11.0 Å². The molecule has 7 heteroatoms. The zero-order chi connectivity index (χ0) is 12.4. The third-order valence-corrected chi connectivity index (χ3v) is 2.93. The maximum absolute atomic E-state index is 13.6. The molecular formula is C10H10Cl2FN3O. The minimum absolute atomic E-state index is 0.0248. The van der Waals surface area contributed by atoms with E-state index >= 15 is 0 Å². The minimum atomic E-state index is -0.725. The fourth-order valence-corrected chi connectivity index (χ4v) is 2.06. The van der Waals surface area contributed by atoms with Gasteiger partial charge in [-0.2, -0.15) is 9.37 Å². The minimum Gasteiger partial charge on any atom is -0.396 e. The molecule has 2 atom stereocenters. The number of nitrogens with one attached hydrogen (secondary N) is 1. The standard InChI is InChI=1S/C10H10Cl2FN3O/c11-8-7(13)9(16-10(12)15-8)14-6-2-1-5(3-6)4-17/h1-2,5-6,17H,3-4H2,(H,14,15,16)/t5-,6+/m0/s1. The Morgan fingerprint density at radius 2 is 2.18 bits per heavy atom. The number of nitrogens with zero attached hydrogens (tertiary/aromatic N) is 2. The van der Waals surface area contributed by atoms with Crippen LogP contribution in [0, 0.1) is 11.7 Å². The quantitative estimate of drug-likeness (QED) is 0.506. The van der Waals surface area contributed by atoms with E-state index < -0.39 is 5.82 Å². The van der Waals surface area contributed by atoms with Gasteiger partial charge < -0.3 is 10.4 Å². The first-order valence-electron chi connectivity index (χ1n) is 5.04. The molecule has 2 rings (SSSR count). The van der Waals surface area contributed by atoms with Gasteiger partial charge in [0.1, 0.15) is 0 Å². The molecule has 0 radical (unpaired) electrons. The lowest BCUT2D eigenvalue weighted by Crippen LogP contribution is -2.18. The van der Waals surface area contributed by atoms with Gasteiger partial charge >= 0.3 is 0 Å². The van der Waals surface area contributed by atoms with Crippen molar-refractivity contribution in [3.63, 3.8) is 0 Å². The molecule has 0 spiro atoms. The van der Waals surface area contributed by atoms with Crippen LogP contribution in [0.5, 0.6) is 0 Å². The van der Waals surface area contributed by atoms with Gasteiger partial charge in [0.25, 0.3) is 0 Å². The molecule has 1 aliphatic carbocycles. The van der Waals surface area contributed by atoms with Gasteiger partial charge in [0, 0.05) is 18.6 Å². The number of anilines is 1. The first kappa shape index (κ1) is 12.5. The van der Waals surface area contributed by atoms with Gasteiger partial charge in [0.05, 0.1) is 0 Å². The molecular weight excluding hydrogens is 268 g/mol. The van der Waals surface area contributed by atoms with Crippen LogP contribution in [0.2, 0.25) is 10.4 Å². The lowest BCUT2D eigenvalue weighted by atomic mass is 10.1. The molecule has 0 amide bonds. The Hall–Kier alpha value is -0.910. The fraction of sp³-hybridized carbons (Fsp3) is 0.400. The van der Waals surface area contributed by atoms with Crippen LogP contribution in [0.4, 0.5) is 10.2 Å². The maximum Gasteiger partial charge on any atom is 0.225 e. The molecule has 0 unspecified atom stereocenters. The van der Waals surface area contributed by atoms with E-state index in [1.807, 2.05) is 12.2 Å². The summed E-state index contributed by atoms with van der Waals surface area (Å²) in [6.45, 7) is 0.0719. The lowest BCUT2D eigenvalue weighted by Gasteiger charge is -2.14. The van der Waals surface area contributed by atoms with Crippen molar-refractivity contribution in [1.29, 1.82) is 0 Å². The average molecular weight is 278 g/mol. The Morgan fingerprint density at radius 3 is 2.82 bits per heavy atom. The molecule has 1 aromatic heterocycles. The zero-order valence-electron chi connectivity index (χ0n) is 8.70. The molecule has 2 N–H and O–H groups in total. The second-order valence-corrected chi connectivity index (χ2v) is 4.46. The second kappa shape index (κ2) is 5.16. The number of aliphatic hydroxyl groups is 1. The van der Waals surface area contributed by atoms with E-state index in [9.17, 15) is 4.39 Å². The Morgan fingerprint density at radius 1 is 1.41 bits per heavy atom. The maximum atomic E-state index is 13.6. The third kappa shape index (κ3) is 2.86. The number of rotatable bonds is 3. The molecule has 0 saturated heterocycles. The summed E-state index contributed by atoms with van der Waals surface area (Å²) >= 11 is 11.1. The monoisotopic (exact) mass is 277 g/mol. The predicted molar refractivity (Wildman–Crippen MR) is 63.8 cm³/mol. The smallest absolute Gasteiger partial charge is 0.225 e. The summed E-state index contributed by atoms with van der Waals surface area (Å²) < 4.78 is 13.6. The normalized spacial score (nSPS) is 23.1.